The molecule has 0 rings (SSSR count). The normalized spacial score (nSPS) is 8.47. The van der Waals surface area contributed by atoms with E-state index in [1.165, 1.54) is 6.92 Å². The summed E-state index contributed by atoms with van der Waals surface area (Å²) in [5.74, 6) is -2.74. The molecule has 0 aromatic rings. The van der Waals surface area contributed by atoms with Crippen LogP contribution >= 0.6 is 0 Å². The summed E-state index contributed by atoms with van der Waals surface area (Å²) < 4.78 is 28.4. The highest BCUT2D eigenvalue weighted by Crippen LogP contribution is 1.99. The quantitative estimate of drug-likeness (QED) is 0.204. The fraction of sp³-hybridized carbons (Fsp3) is 0.143. The van der Waals surface area contributed by atoms with Crippen molar-refractivity contribution in [3.8, 4) is 0 Å². The molecular weight excluding hydrogens is 228 g/mol. The van der Waals surface area contributed by atoms with Crippen LogP contribution in [0, 0.1) is 0 Å². The van der Waals surface area contributed by atoms with Gasteiger partial charge < -0.3 is 9.84 Å². The van der Waals surface area contributed by atoms with Gasteiger partial charge in [-0.2, -0.15) is 0 Å². The molecule has 0 aliphatic rings. The van der Waals surface area contributed by atoms with Crippen LogP contribution in [0.25, 0.3) is 0 Å². The smallest absolute Gasteiger partial charge is 0.371 e. The van der Waals surface area contributed by atoms with Crippen LogP contribution in [0.5, 0.6) is 0 Å². The van der Waals surface area contributed by atoms with E-state index in [1.807, 2.05) is 0 Å². The van der Waals surface area contributed by atoms with Gasteiger partial charge in [-0.15, -0.1) is 0 Å². The Bertz CT molecular complexity index is 320. The number of hydrogen-bond acceptors (Lipinski definition) is 5. The predicted octanol–water partition coefficient (Wildman–Crippen LogP) is -0.225. The standard InChI is InChI=1S/C7H8O4.H2O3S/c1-4(2)7(10)11-5(3)6(8)9;1-4(2)3/h1,3H2,2H3,(H,8,9);4H,(H,1,2,3). The third-order valence-electron chi connectivity index (χ3n) is 0.803. The molecule has 0 atom stereocenters. The molecule has 2 N–H and O–H groups in total. The minimum Gasteiger partial charge on any atom is -0.475 e. The van der Waals surface area contributed by atoms with Crippen LogP contribution < -0.4 is 0 Å². The number of carbonyl (C=O) groups is 2. The Hall–Kier alpha value is -1.67. The molecule has 0 aromatic heterocycles. The first-order valence-electron chi connectivity index (χ1n) is 3.31. The molecule has 0 spiro atoms. The Morgan fingerprint density at radius 2 is 1.60 bits per heavy atom. The summed E-state index contributed by atoms with van der Waals surface area (Å²) in [5, 5.41) is 8.21. The maximum Gasteiger partial charge on any atom is 0.371 e. The molecule has 86 valence electrons. The summed E-state index contributed by atoms with van der Waals surface area (Å²) in [7, 11) is -3.12. The first kappa shape index (κ1) is 15.8. The second kappa shape index (κ2) is 7.71. The van der Waals surface area contributed by atoms with Gasteiger partial charge in [-0.05, 0) is 13.5 Å². The molecule has 7 nitrogen and oxygen atoms in total. The van der Waals surface area contributed by atoms with Gasteiger partial charge in [0.05, 0.1) is 0 Å². The molecule has 0 unspecified atom stereocenters. The molecule has 0 radical (unpaired) electrons. The van der Waals surface area contributed by atoms with Gasteiger partial charge >= 0.3 is 11.9 Å². The van der Waals surface area contributed by atoms with Crippen molar-refractivity contribution in [2.45, 2.75) is 6.92 Å². The van der Waals surface area contributed by atoms with Gasteiger partial charge in [0, 0.05) is 5.57 Å². The largest absolute Gasteiger partial charge is 0.475 e. The zero-order chi connectivity index (χ0) is 12.6. The number of carboxylic acid groups (broad SMARTS) is 1. The Kier molecular flexibility index (Phi) is 8.11. The lowest BCUT2D eigenvalue weighted by Crippen LogP contribution is -2.10. The van der Waals surface area contributed by atoms with Crippen molar-refractivity contribution in [3.05, 3.63) is 24.5 Å². The van der Waals surface area contributed by atoms with Crippen LogP contribution in [-0.4, -0.2) is 30.0 Å². The molecule has 0 heterocycles. The van der Waals surface area contributed by atoms with Crippen LogP contribution in [0.1, 0.15) is 6.92 Å². The van der Waals surface area contributed by atoms with Gasteiger partial charge in [-0.3, -0.25) is 4.55 Å². The highest BCUT2D eigenvalue weighted by molar-refractivity contribution is 7.66. The number of carboxylic acids is 1. The van der Waals surface area contributed by atoms with E-state index in [0.717, 1.165) is 0 Å². The number of ether oxygens (including phenoxy) is 1. The van der Waals surface area contributed by atoms with Crippen LogP contribution in [0.15, 0.2) is 24.5 Å². The van der Waals surface area contributed by atoms with Crippen molar-refractivity contribution < 1.29 is 32.4 Å². The van der Waals surface area contributed by atoms with Crippen LogP contribution in [0.2, 0.25) is 0 Å². The summed E-state index contributed by atoms with van der Waals surface area (Å²) in [5.41, 5.74) is 0.132. The van der Waals surface area contributed by atoms with Crippen LogP contribution in [0.4, 0.5) is 0 Å². The zero-order valence-electron chi connectivity index (χ0n) is 7.80. The van der Waals surface area contributed by atoms with E-state index in [1.54, 1.807) is 0 Å². The molecule has 0 aliphatic heterocycles. The zero-order valence-corrected chi connectivity index (χ0v) is 8.69. The Labute approximate surface area is 87.4 Å². The average Bonchev–Trinajstić information content (AvgIpc) is 2.02. The van der Waals surface area contributed by atoms with E-state index in [0.29, 0.717) is 0 Å². The number of thiol groups is 1. The summed E-state index contributed by atoms with van der Waals surface area (Å²) in [4.78, 5) is 20.7. The molecule has 0 fully saturated rings. The average molecular weight is 238 g/mol. The van der Waals surface area contributed by atoms with E-state index in [2.05, 4.69) is 17.9 Å². The van der Waals surface area contributed by atoms with E-state index >= 15 is 0 Å². The monoisotopic (exact) mass is 238 g/mol. The van der Waals surface area contributed by atoms with Gasteiger partial charge in [0.1, 0.15) is 0 Å². The lowest BCUT2D eigenvalue weighted by molar-refractivity contribution is -0.145. The van der Waals surface area contributed by atoms with Crippen molar-refractivity contribution in [1.29, 1.82) is 0 Å². The first-order valence-corrected chi connectivity index (χ1v) is 4.44. The number of esters is 1. The topological polar surface area (TPSA) is 118 Å². The van der Waals surface area contributed by atoms with Gasteiger partial charge in [-0.1, -0.05) is 6.58 Å². The fourth-order valence-electron chi connectivity index (χ4n) is 0.243. The molecule has 0 saturated heterocycles. The minimum absolute atomic E-state index is 0.132. The first-order chi connectivity index (χ1) is 6.68. The molecule has 15 heavy (non-hydrogen) atoms. The van der Waals surface area contributed by atoms with Gasteiger partial charge in [0.2, 0.25) is 5.76 Å². The van der Waals surface area contributed by atoms with Gasteiger partial charge in [0.25, 0.3) is 11.0 Å². The Morgan fingerprint density at radius 3 is 1.80 bits per heavy atom. The molecule has 0 saturated carbocycles. The summed E-state index contributed by atoms with van der Waals surface area (Å²) >= 11 is 0. The number of carbonyl (C=O) groups excluding carboxylic acids is 1. The van der Waals surface area contributed by atoms with Crippen molar-refractivity contribution in [3.63, 3.8) is 0 Å². The van der Waals surface area contributed by atoms with Crippen LogP contribution in [-0.2, 0) is 25.3 Å². The third kappa shape index (κ3) is 12.3. The lowest BCUT2D eigenvalue weighted by atomic mass is 10.4. The molecule has 0 aliphatic carbocycles. The second-order valence-corrected chi connectivity index (χ2v) is 2.61. The summed E-state index contributed by atoms with van der Waals surface area (Å²) in [6.45, 7) is 7.67. The third-order valence-corrected chi connectivity index (χ3v) is 0.803. The predicted molar refractivity (Wildman–Crippen MR) is 50.6 cm³/mol. The highest BCUT2D eigenvalue weighted by Gasteiger charge is 2.10. The number of aliphatic carboxylic acids is 1. The molecule has 0 aromatic carbocycles. The molecule has 8 heteroatoms. The molecule has 0 bridgehead atoms. The van der Waals surface area contributed by atoms with E-state index < -0.39 is 28.7 Å². The van der Waals surface area contributed by atoms with Crippen molar-refractivity contribution >= 4 is 22.9 Å². The van der Waals surface area contributed by atoms with Crippen molar-refractivity contribution in [2.75, 3.05) is 0 Å². The maximum absolute atomic E-state index is 10.6. The maximum atomic E-state index is 10.6. The van der Waals surface area contributed by atoms with E-state index in [-0.39, 0.29) is 5.57 Å². The van der Waals surface area contributed by atoms with Crippen molar-refractivity contribution in [1.82, 2.24) is 0 Å². The number of hydrogen-bond donors (Lipinski definition) is 3. The molecule has 0 amide bonds. The summed E-state index contributed by atoms with van der Waals surface area (Å²) in [6, 6.07) is 0. The van der Waals surface area contributed by atoms with Crippen LogP contribution in [0.3, 0.4) is 0 Å². The summed E-state index contributed by atoms with van der Waals surface area (Å²) in [6.07, 6.45) is 0. The van der Waals surface area contributed by atoms with Crippen molar-refractivity contribution in [2.24, 2.45) is 0 Å². The Balaban J connectivity index is 0. The van der Waals surface area contributed by atoms with E-state index in [9.17, 15) is 9.59 Å². The van der Waals surface area contributed by atoms with E-state index in [4.69, 9.17) is 18.1 Å². The van der Waals surface area contributed by atoms with Gasteiger partial charge in [-0.25, -0.2) is 18.0 Å². The Morgan fingerprint density at radius 1 is 1.27 bits per heavy atom. The molecular formula is C7H10O7S. The fourth-order valence-corrected chi connectivity index (χ4v) is 0.243. The lowest BCUT2D eigenvalue weighted by Gasteiger charge is -2.00. The SMILES string of the molecule is C=C(C)C(=O)OC(=C)C(=O)O.O=[SH](=O)O. The second-order valence-electron chi connectivity index (χ2n) is 2.14. The van der Waals surface area contributed by atoms with Gasteiger partial charge in [0.15, 0.2) is 0 Å². The number of rotatable bonds is 3. The minimum atomic E-state index is -3.12. The highest BCUT2D eigenvalue weighted by atomic mass is 32.2.